The Morgan fingerprint density at radius 2 is 1.95 bits per heavy atom. The summed E-state index contributed by atoms with van der Waals surface area (Å²) in [5, 5.41) is 3.03. The third-order valence-corrected chi connectivity index (χ3v) is 3.79. The molecule has 1 aromatic carbocycles. The molecule has 0 aliphatic carbocycles. The van der Waals surface area contributed by atoms with Crippen molar-refractivity contribution in [2.45, 2.75) is 26.8 Å². The average molecular weight is 307 g/mol. The fourth-order valence-electron chi connectivity index (χ4n) is 2.11. The second kappa shape index (κ2) is 7.40. The summed E-state index contributed by atoms with van der Waals surface area (Å²) in [6.45, 7) is 7.06. The van der Waals surface area contributed by atoms with E-state index in [9.17, 15) is 0 Å². The van der Waals surface area contributed by atoms with E-state index < -0.39 is 0 Å². The van der Waals surface area contributed by atoms with Gasteiger partial charge < -0.3 is 9.47 Å². The Labute approximate surface area is 129 Å². The maximum absolute atomic E-state index is 5.71. The van der Waals surface area contributed by atoms with Gasteiger partial charge in [0.15, 0.2) is 11.5 Å². The van der Waals surface area contributed by atoms with Crippen molar-refractivity contribution < 1.29 is 9.47 Å². The van der Waals surface area contributed by atoms with Gasteiger partial charge in [0.05, 0.1) is 30.0 Å². The van der Waals surface area contributed by atoms with Crippen molar-refractivity contribution in [2.75, 3.05) is 13.2 Å². The first-order valence-corrected chi connectivity index (χ1v) is 7.85. The minimum absolute atomic E-state index is 0.162. The summed E-state index contributed by atoms with van der Waals surface area (Å²) in [4.78, 5) is 4.50. The molecule has 0 saturated carbocycles. The Morgan fingerprint density at radius 3 is 2.52 bits per heavy atom. The van der Waals surface area contributed by atoms with Crippen LogP contribution in [0.5, 0.6) is 11.5 Å². The molecule has 2 aromatic rings. The van der Waals surface area contributed by atoms with Gasteiger partial charge in [0.1, 0.15) is 0 Å². The Balaban J connectivity index is 2.35. The van der Waals surface area contributed by atoms with Gasteiger partial charge in [0.2, 0.25) is 0 Å². The maximum Gasteiger partial charge on any atom is 0.161 e. The highest BCUT2D eigenvalue weighted by Gasteiger charge is 2.17. The van der Waals surface area contributed by atoms with E-state index in [-0.39, 0.29) is 6.04 Å². The van der Waals surface area contributed by atoms with Crippen molar-refractivity contribution in [1.82, 2.24) is 10.4 Å². The number of nitrogens with two attached hydrogens (primary N) is 1. The lowest BCUT2D eigenvalue weighted by atomic mass is 10.0. The second-order valence-corrected chi connectivity index (χ2v) is 5.53. The van der Waals surface area contributed by atoms with Crippen LogP contribution in [0, 0.1) is 6.92 Å². The van der Waals surface area contributed by atoms with E-state index >= 15 is 0 Å². The van der Waals surface area contributed by atoms with Gasteiger partial charge in [-0.25, -0.2) is 10.4 Å². The van der Waals surface area contributed by atoms with Crippen LogP contribution in [0.4, 0.5) is 0 Å². The standard InChI is InChI=1S/C15H21N3O2S/c1-4-19-13-7-6-11(8-14(13)20-5-2)15(18-16)12-9-21-10(3)17-12/h6-9,15,18H,4-5,16H2,1-3H3. The minimum atomic E-state index is -0.162. The lowest BCUT2D eigenvalue weighted by Crippen LogP contribution is -2.29. The van der Waals surface area contributed by atoms with Crippen LogP contribution in [0.1, 0.15) is 36.2 Å². The highest BCUT2D eigenvalue weighted by atomic mass is 32.1. The lowest BCUT2D eigenvalue weighted by Gasteiger charge is -2.17. The predicted octanol–water partition coefficient (Wildman–Crippen LogP) is 2.80. The zero-order valence-corrected chi connectivity index (χ0v) is 13.4. The summed E-state index contributed by atoms with van der Waals surface area (Å²) in [5.74, 6) is 7.18. The first-order chi connectivity index (χ1) is 10.2. The van der Waals surface area contributed by atoms with E-state index in [0.29, 0.717) is 13.2 Å². The molecule has 6 heteroatoms. The number of aryl methyl sites for hydroxylation is 1. The molecule has 3 N–H and O–H groups in total. The highest BCUT2D eigenvalue weighted by molar-refractivity contribution is 7.09. The zero-order valence-electron chi connectivity index (χ0n) is 12.6. The Bertz CT molecular complexity index is 586. The van der Waals surface area contributed by atoms with Gasteiger partial charge in [-0.15, -0.1) is 11.3 Å². The van der Waals surface area contributed by atoms with Crippen molar-refractivity contribution in [1.29, 1.82) is 0 Å². The molecule has 0 amide bonds. The maximum atomic E-state index is 5.71. The predicted molar refractivity (Wildman–Crippen MR) is 84.8 cm³/mol. The SMILES string of the molecule is CCOc1ccc(C(NN)c2csc(C)n2)cc1OCC. The summed E-state index contributed by atoms with van der Waals surface area (Å²) >= 11 is 1.61. The number of ether oxygens (including phenoxy) is 2. The number of hydrogen-bond acceptors (Lipinski definition) is 6. The molecule has 2 rings (SSSR count). The number of hydrogen-bond donors (Lipinski definition) is 2. The molecule has 1 aromatic heterocycles. The first-order valence-electron chi connectivity index (χ1n) is 6.97. The number of thiazole rings is 1. The van der Waals surface area contributed by atoms with Crippen molar-refractivity contribution >= 4 is 11.3 Å². The topological polar surface area (TPSA) is 69.4 Å². The summed E-state index contributed by atoms with van der Waals surface area (Å²) in [7, 11) is 0. The second-order valence-electron chi connectivity index (χ2n) is 4.46. The fourth-order valence-corrected chi connectivity index (χ4v) is 2.75. The molecular weight excluding hydrogens is 286 g/mol. The summed E-state index contributed by atoms with van der Waals surface area (Å²) in [6.07, 6.45) is 0. The monoisotopic (exact) mass is 307 g/mol. The quantitative estimate of drug-likeness (QED) is 0.608. The average Bonchev–Trinajstić information content (AvgIpc) is 2.89. The number of nitrogens with one attached hydrogen (secondary N) is 1. The number of nitrogens with zero attached hydrogens (tertiary/aromatic N) is 1. The molecule has 1 unspecified atom stereocenters. The Morgan fingerprint density at radius 1 is 1.24 bits per heavy atom. The molecule has 1 heterocycles. The van der Waals surface area contributed by atoms with Crippen LogP contribution in [-0.4, -0.2) is 18.2 Å². The van der Waals surface area contributed by atoms with Crippen molar-refractivity contribution in [3.63, 3.8) is 0 Å². The molecule has 0 fully saturated rings. The van der Waals surface area contributed by atoms with E-state index in [2.05, 4.69) is 10.4 Å². The third kappa shape index (κ3) is 3.72. The molecule has 0 spiro atoms. The van der Waals surface area contributed by atoms with E-state index in [0.717, 1.165) is 27.8 Å². The van der Waals surface area contributed by atoms with Gasteiger partial charge in [-0.2, -0.15) is 0 Å². The van der Waals surface area contributed by atoms with Gasteiger partial charge in [-0.05, 0) is 38.5 Å². The van der Waals surface area contributed by atoms with Gasteiger partial charge in [0.25, 0.3) is 0 Å². The molecular formula is C15H21N3O2S. The fraction of sp³-hybridized carbons (Fsp3) is 0.400. The van der Waals surface area contributed by atoms with Crippen LogP contribution in [0.2, 0.25) is 0 Å². The van der Waals surface area contributed by atoms with E-state index in [1.807, 2.05) is 44.4 Å². The molecule has 21 heavy (non-hydrogen) atoms. The summed E-state index contributed by atoms with van der Waals surface area (Å²) < 4.78 is 11.2. The summed E-state index contributed by atoms with van der Waals surface area (Å²) in [5.41, 5.74) is 4.72. The molecule has 0 saturated heterocycles. The first kappa shape index (κ1) is 15.8. The Kier molecular flexibility index (Phi) is 5.55. The number of rotatable bonds is 7. The smallest absolute Gasteiger partial charge is 0.161 e. The largest absolute Gasteiger partial charge is 0.490 e. The van der Waals surface area contributed by atoms with Crippen LogP contribution in [0.3, 0.4) is 0 Å². The van der Waals surface area contributed by atoms with Crippen LogP contribution in [0.25, 0.3) is 0 Å². The van der Waals surface area contributed by atoms with Gasteiger partial charge >= 0.3 is 0 Å². The van der Waals surface area contributed by atoms with Crippen molar-refractivity contribution in [3.05, 3.63) is 39.8 Å². The van der Waals surface area contributed by atoms with E-state index in [4.69, 9.17) is 15.3 Å². The third-order valence-electron chi connectivity index (χ3n) is 3.00. The number of aromatic nitrogens is 1. The molecule has 0 aliphatic rings. The number of benzene rings is 1. The van der Waals surface area contributed by atoms with Crippen LogP contribution in [0.15, 0.2) is 23.6 Å². The lowest BCUT2D eigenvalue weighted by molar-refractivity contribution is 0.287. The van der Waals surface area contributed by atoms with Crippen LogP contribution in [-0.2, 0) is 0 Å². The molecule has 5 nitrogen and oxygen atoms in total. The molecule has 114 valence electrons. The normalized spacial score (nSPS) is 12.2. The molecule has 0 aliphatic heterocycles. The van der Waals surface area contributed by atoms with Crippen molar-refractivity contribution in [3.8, 4) is 11.5 Å². The van der Waals surface area contributed by atoms with Crippen LogP contribution >= 0.6 is 11.3 Å². The van der Waals surface area contributed by atoms with E-state index in [1.165, 1.54) is 0 Å². The molecule has 0 radical (unpaired) electrons. The van der Waals surface area contributed by atoms with Crippen LogP contribution < -0.4 is 20.7 Å². The van der Waals surface area contributed by atoms with Crippen molar-refractivity contribution in [2.24, 2.45) is 5.84 Å². The zero-order chi connectivity index (χ0) is 15.2. The Hall–Kier alpha value is -1.63. The highest BCUT2D eigenvalue weighted by Crippen LogP contribution is 2.32. The molecule has 1 atom stereocenters. The molecule has 0 bridgehead atoms. The van der Waals surface area contributed by atoms with Gasteiger partial charge in [-0.1, -0.05) is 6.07 Å². The summed E-state index contributed by atoms with van der Waals surface area (Å²) in [6, 6.07) is 5.68. The number of hydrazine groups is 1. The minimum Gasteiger partial charge on any atom is -0.490 e. The van der Waals surface area contributed by atoms with Gasteiger partial charge in [0, 0.05) is 5.38 Å². The van der Waals surface area contributed by atoms with E-state index in [1.54, 1.807) is 11.3 Å². The van der Waals surface area contributed by atoms with Gasteiger partial charge in [-0.3, -0.25) is 5.84 Å².